The first-order valence-corrected chi connectivity index (χ1v) is 8.01. The van der Waals surface area contributed by atoms with Crippen molar-refractivity contribution in [3.05, 3.63) is 0 Å². The minimum Gasteiger partial charge on any atom is -0.309 e. The lowest BCUT2D eigenvalue weighted by atomic mass is 9.90. The van der Waals surface area contributed by atoms with Gasteiger partial charge in [0.15, 0.2) is 0 Å². The van der Waals surface area contributed by atoms with Crippen LogP contribution in [0.1, 0.15) is 33.6 Å². The third kappa shape index (κ3) is 3.94. The Labute approximate surface area is 106 Å². The van der Waals surface area contributed by atoms with E-state index in [0.717, 1.165) is 12.5 Å². The van der Waals surface area contributed by atoms with Gasteiger partial charge in [0, 0.05) is 31.7 Å². The molecule has 96 valence electrons. The lowest BCUT2D eigenvalue weighted by Crippen LogP contribution is -2.60. The predicted octanol–water partition coefficient (Wildman–Crippen LogP) is 2.45. The minimum absolute atomic E-state index is 0.386. The van der Waals surface area contributed by atoms with Gasteiger partial charge in [0.05, 0.1) is 0 Å². The highest BCUT2D eigenvalue weighted by atomic mass is 32.2. The van der Waals surface area contributed by atoms with Crippen LogP contribution in [0.2, 0.25) is 0 Å². The highest BCUT2D eigenvalue weighted by Gasteiger charge is 2.31. The van der Waals surface area contributed by atoms with Gasteiger partial charge in [-0.15, -0.1) is 0 Å². The molecule has 1 N–H and O–H groups in total. The van der Waals surface area contributed by atoms with Gasteiger partial charge in [0.2, 0.25) is 0 Å². The van der Waals surface area contributed by atoms with E-state index in [2.05, 4.69) is 37.2 Å². The molecule has 0 aromatic heterocycles. The summed E-state index contributed by atoms with van der Waals surface area (Å²) in [4.78, 5) is 2.66. The zero-order valence-electron chi connectivity index (χ0n) is 11.4. The Hall–Kier alpha value is 0.270. The normalized spacial score (nSPS) is 23.2. The van der Waals surface area contributed by atoms with Gasteiger partial charge in [-0.1, -0.05) is 20.8 Å². The summed E-state index contributed by atoms with van der Waals surface area (Å²) in [5.74, 6) is 2.11. The first-order chi connectivity index (χ1) is 7.65. The molecule has 1 fully saturated rings. The molecule has 1 saturated heterocycles. The summed E-state index contributed by atoms with van der Waals surface area (Å²) in [6.07, 6.45) is 4.70. The first kappa shape index (κ1) is 14.3. The zero-order valence-corrected chi connectivity index (χ0v) is 12.2. The Morgan fingerprint density at radius 3 is 2.62 bits per heavy atom. The van der Waals surface area contributed by atoms with Crippen molar-refractivity contribution in [2.24, 2.45) is 5.92 Å². The van der Waals surface area contributed by atoms with Crippen molar-refractivity contribution in [3.8, 4) is 0 Å². The number of nitrogens with one attached hydrogen (secondary N) is 1. The predicted molar refractivity (Wildman–Crippen MR) is 75.3 cm³/mol. The lowest BCUT2D eigenvalue weighted by molar-refractivity contribution is 0.114. The molecular formula is C13H28N2S. The van der Waals surface area contributed by atoms with Gasteiger partial charge in [-0.3, -0.25) is 4.90 Å². The monoisotopic (exact) mass is 244 g/mol. The summed E-state index contributed by atoms with van der Waals surface area (Å²) in [5, 5.41) is 3.72. The fraction of sp³-hybridized carbons (Fsp3) is 1.00. The van der Waals surface area contributed by atoms with Gasteiger partial charge >= 0.3 is 0 Å². The quantitative estimate of drug-likeness (QED) is 0.772. The third-order valence-electron chi connectivity index (χ3n) is 3.83. The number of nitrogens with zero attached hydrogens (tertiary/aromatic N) is 1. The average Bonchev–Trinajstić information content (AvgIpc) is 2.29. The molecule has 1 heterocycles. The van der Waals surface area contributed by atoms with Crippen molar-refractivity contribution in [2.45, 2.75) is 39.2 Å². The molecule has 1 aliphatic heterocycles. The van der Waals surface area contributed by atoms with Crippen LogP contribution >= 0.6 is 11.8 Å². The van der Waals surface area contributed by atoms with E-state index < -0.39 is 0 Å². The van der Waals surface area contributed by atoms with Crippen molar-refractivity contribution in [1.82, 2.24) is 10.2 Å². The second-order valence-electron chi connectivity index (χ2n) is 5.21. The van der Waals surface area contributed by atoms with E-state index in [-0.39, 0.29) is 0 Å². The number of piperazine rings is 1. The first-order valence-electron chi connectivity index (χ1n) is 6.62. The molecular weight excluding hydrogens is 216 g/mol. The fourth-order valence-corrected chi connectivity index (χ4v) is 3.37. The molecule has 0 spiro atoms. The summed E-state index contributed by atoms with van der Waals surface area (Å²) in [5.41, 5.74) is 0.386. The largest absolute Gasteiger partial charge is 0.309 e. The Morgan fingerprint density at radius 2 is 2.06 bits per heavy atom. The summed E-state index contributed by atoms with van der Waals surface area (Å²) >= 11 is 1.97. The lowest BCUT2D eigenvalue weighted by Gasteiger charge is -2.43. The SMILES string of the molecule is CCC1(CC)CN(CC(C)CSC)CCN1. The second-order valence-corrected chi connectivity index (χ2v) is 6.12. The molecule has 1 unspecified atom stereocenters. The van der Waals surface area contributed by atoms with Gasteiger partial charge in [0.1, 0.15) is 0 Å². The highest BCUT2D eigenvalue weighted by molar-refractivity contribution is 7.98. The van der Waals surface area contributed by atoms with Gasteiger partial charge in [0.25, 0.3) is 0 Å². The molecule has 16 heavy (non-hydrogen) atoms. The molecule has 1 rings (SSSR count). The number of thioether (sulfide) groups is 1. The van der Waals surface area contributed by atoms with Crippen LogP contribution in [0.5, 0.6) is 0 Å². The van der Waals surface area contributed by atoms with E-state index in [9.17, 15) is 0 Å². The third-order valence-corrected chi connectivity index (χ3v) is 4.73. The molecule has 0 amide bonds. The van der Waals surface area contributed by atoms with Crippen LogP contribution in [0.3, 0.4) is 0 Å². The van der Waals surface area contributed by atoms with Crippen LogP contribution < -0.4 is 5.32 Å². The summed E-state index contributed by atoms with van der Waals surface area (Å²) in [6, 6.07) is 0. The Kier molecular flexibility index (Phi) is 6.16. The summed E-state index contributed by atoms with van der Waals surface area (Å²) < 4.78 is 0. The van der Waals surface area contributed by atoms with Gasteiger partial charge in [-0.2, -0.15) is 11.8 Å². The molecule has 0 aliphatic carbocycles. The van der Waals surface area contributed by atoms with E-state index in [1.54, 1.807) is 0 Å². The Bertz CT molecular complexity index is 192. The molecule has 1 atom stereocenters. The molecule has 0 bridgehead atoms. The van der Waals surface area contributed by atoms with Crippen LogP contribution in [0.15, 0.2) is 0 Å². The molecule has 0 radical (unpaired) electrons. The molecule has 1 aliphatic rings. The van der Waals surface area contributed by atoms with E-state index in [1.807, 2.05) is 11.8 Å². The average molecular weight is 244 g/mol. The maximum absolute atomic E-state index is 3.72. The fourth-order valence-electron chi connectivity index (χ4n) is 2.70. The number of rotatable bonds is 6. The van der Waals surface area contributed by atoms with Crippen LogP contribution in [0.4, 0.5) is 0 Å². The summed E-state index contributed by atoms with van der Waals surface area (Å²) in [6.45, 7) is 11.9. The van der Waals surface area contributed by atoms with Crippen molar-refractivity contribution >= 4 is 11.8 Å². The molecule has 3 heteroatoms. The van der Waals surface area contributed by atoms with Gasteiger partial charge < -0.3 is 5.32 Å². The van der Waals surface area contributed by atoms with E-state index >= 15 is 0 Å². The standard InChI is InChI=1S/C13H28N2S/c1-5-13(6-2)11-15(8-7-14-13)9-12(3)10-16-4/h12,14H,5-11H2,1-4H3. The van der Waals surface area contributed by atoms with Crippen molar-refractivity contribution in [3.63, 3.8) is 0 Å². The number of hydrogen-bond acceptors (Lipinski definition) is 3. The topological polar surface area (TPSA) is 15.3 Å². The van der Waals surface area contributed by atoms with E-state index in [0.29, 0.717) is 5.54 Å². The summed E-state index contributed by atoms with van der Waals surface area (Å²) in [7, 11) is 0. The van der Waals surface area contributed by atoms with Crippen LogP contribution in [-0.4, -0.2) is 48.6 Å². The Balaban J connectivity index is 2.43. The zero-order chi connectivity index (χ0) is 12.0. The van der Waals surface area contributed by atoms with Crippen molar-refractivity contribution < 1.29 is 0 Å². The highest BCUT2D eigenvalue weighted by Crippen LogP contribution is 2.20. The van der Waals surface area contributed by atoms with Crippen LogP contribution in [0.25, 0.3) is 0 Å². The van der Waals surface area contributed by atoms with Crippen LogP contribution in [-0.2, 0) is 0 Å². The minimum atomic E-state index is 0.386. The van der Waals surface area contributed by atoms with E-state index in [1.165, 1.54) is 38.2 Å². The van der Waals surface area contributed by atoms with Crippen LogP contribution in [0, 0.1) is 5.92 Å². The maximum atomic E-state index is 3.72. The van der Waals surface area contributed by atoms with Gasteiger partial charge in [-0.25, -0.2) is 0 Å². The number of hydrogen-bond donors (Lipinski definition) is 1. The van der Waals surface area contributed by atoms with Crippen molar-refractivity contribution in [2.75, 3.05) is 38.2 Å². The molecule has 0 aromatic carbocycles. The van der Waals surface area contributed by atoms with E-state index in [4.69, 9.17) is 0 Å². The van der Waals surface area contributed by atoms with Gasteiger partial charge in [-0.05, 0) is 30.8 Å². The molecule has 0 aromatic rings. The smallest absolute Gasteiger partial charge is 0.0304 e. The van der Waals surface area contributed by atoms with Crippen molar-refractivity contribution in [1.29, 1.82) is 0 Å². The second kappa shape index (κ2) is 6.87. The molecule has 2 nitrogen and oxygen atoms in total. The Morgan fingerprint density at radius 1 is 1.38 bits per heavy atom. The maximum Gasteiger partial charge on any atom is 0.0304 e. The molecule has 0 saturated carbocycles.